The molecule has 24 heavy (non-hydrogen) atoms. The van der Waals surface area contributed by atoms with Gasteiger partial charge in [-0.3, -0.25) is 0 Å². The molecule has 0 amide bonds. The fourth-order valence-electron chi connectivity index (χ4n) is 4.63. The second-order valence-electron chi connectivity index (χ2n) is 9.36. The topological polar surface area (TPSA) is 35.5 Å². The van der Waals surface area contributed by atoms with E-state index in [1.165, 1.54) is 19.3 Å². The third-order valence-corrected chi connectivity index (χ3v) is 7.05. The zero-order valence-electron chi connectivity index (χ0n) is 16.7. The van der Waals surface area contributed by atoms with Crippen LogP contribution in [0.4, 0.5) is 0 Å². The van der Waals surface area contributed by atoms with Crippen molar-refractivity contribution in [2.24, 2.45) is 16.7 Å². The van der Waals surface area contributed by atoms with Gasteiger partial charge in [0.05, 0.1) is 33.4 Å². The highest BCUT2D eigenvalue weighted by Gasteiger charge is 2.61. The van der Waals surface area contributed by atoms with Crippen LogP contribution in [0.25, 0.3) is 0 Å². The first-order valence-corrected chi connectivity index (χ1v) is 9.71. The van der Waals surface area contributed by atoms with Crippen molar-refractivity contribution in [3.05, 3.63) is 0 Å². The molecule has 0 N–H and O–H groups in total. The number of hydrogen-bond donors (Lipinski definition) is 0. The van der Waals surface area contributed by atoms with Gasteiger partial charge in [-0.2, -0.15) is 0 Å². The molecule has 2 fully saturated rings. The number of fused-ring (bicyclic) bond motifs is 2. The van der Waals surface area contributed by atoms with E-state index in [1.54, 1.807) is 0 Å². The summed E-state index contributed by atoms with van der Waals surface area (Å²) in [6, 6.07) is 0. The van der Waals surface area contributed by atoms with Crippen molar-refractivity contribution in [1.29, 1.82) is 0 Å². The van der Waals surface area contributed by atoms with Crippen molar-refractivity contribution in [2.45, 2.75) is 65.9 Å². The average Bonchev–Trinajstić information content (AvgIpc) is 2.80. The van der Waals surface area contributed by atoms with E-state index in [4.69, 9.17) is 9.47 Å². The van der Waals surface area contributed by atoms with Crippen LogP contribution in [0.2, 0.25) is 0 Å². The first kappa shape index (κ1) is 19.7. The van der Waals surface area contributed by atoms with Crippen molar-refractivity contribution in [3.63, 3.8) is 0 Å². The Labute approximate surface area is 148 Å². The molecule has 0 heterocycles. The maximum atomic E-state index is 11.9. The Morgan fingerprint density at radius 3 is 2.46 bits per heavy atom. The number of hydrogen-bond acceptors (Lipinski definition) is 3. The van der Waals surface area contributed by atoms with Crippen LogP contribution in [0, 0.1) is 16.7 Å². The molecule has 0 aromatic carbocycles. The summed E-state index contributed by atoms with van der Waals surface area (Å²) in [6.07, 6.45) is 6.22. The summed E-state index contributed by atoms with van der Waals surface area (Å²) in [6.45, 7) is 11.9. The molecule has 4 nitrogen and oxygen atoms in total. The second-order valence-corrected chi connectivity index (χ2v) is 9.36. The van der Waals surface area contributed by atoms with Crippen LogP contribution in [-0.2, 0) is 14.3 Å². The molecule has 0 unspecified atom stereocenters. The molecule has 0 aliphatic heterocycles. The average molecular weight is 341 g/mol. The van der Waals surface area contributed by atoms with Gasteiger partial charge in [-0.25, -0.2) is 4.79 Å². The van der Waals surface area contributed by atoms with Gasteiger partial charge in [-0.1, -0.05) is 34.1 Å². The SMILES string of the molecule is CCCCOC(=O)C[N+](C)(C)CCO[C@H]1C[C@H]2CC[C@]1(C)C2(C)C. The van der Waals surface area contributed by atoms with Crippen molar-refractivity contribution in [3.8, 4) is 0 Å². The summed E-state index contributed by atoms with van der Waals surface area (Å²) in [4.78, 5) is 11.9. The smallest absolute Gasteiger partial charge is 0.361 e. The number of rotatable bonds is 9. The Morgan fingerprint density at radius 2 is 1.92 bits per heavy atom. The molecule has 4 heteroatoms. The zero-order chi connectivity index (χ0) is 18.0. The maximum Gasteiger partial charge on any atom is 0.361 e. The molecule has 0 saturated heterocycles. The molecule has 2 rings (SSSR count). The van der Waals surface area contributed by atoms with Gasteiger partial charge in [-0.15, -0.1) is 0 Å². The minimum atomic E-state index is -0.0959. The first-order valence-electron chi connectivity index (χ1n) is 9.71. The zero-order valence-corrected chi connectivity index (χ0v) is 16.7. The molecular formula is C20H38NO3+. The molecule has 140 valence electrons. The molecule has 3 atom stereocenters. The lowest BCUT2D eigenvalue weighted by Gasteiger charge is -2.39. The Hall–Kier alpha value is -0.610. The van der Waals surface area contributed by atoms with E-state index in [1.807, 2.05) is 0 Å². The number of carbonyl (C=O) groups is 1. The van der Waals surface area contributed by atoms with E-state index < -0.39 is 0 Å². The van der Waals surface area contributed by atoms with Gasteiger partial charge in [-0.05, 0) is 42.4 Å². The van der Waals surface area contributed by atoms with Gasteiger partial charge in [0.1, 0.15) is 6.54 Å². The highest BCUT2D eigenvalue weighted by atomic mass is 16.5. The van der Waals surface area contributed by atoms with E-state index in [9.17, 15) is 4.79 Å². The molecule has 0 aromatic rings. The predicted octanol–water partition coefficient (Wildman–Crippen LogP) is 3.64. The van der Waals surface area contributed by atoms with Gasteiger partial charge in [0.25, 0.3) is 0 Å². The van der Waals surface area contributed by atoms with Crippen molar-refractivity contribution >= 4 is 5.97 Å². The minimum Gasteiger partial charge on any atom is -0.462 e. The molecule has 0 spiro atoms. The highest BCUT2D eigenvalue weighted by molar-refractivity contribution is 5.70. The van der Waals surface area contributed by atoms with Crippen LogP contribution in [-0.4, -0.2) is 57.0 Å². The number of nitrogens with zero attached hydrogens (tertiary/aromatic N) is 1. The van der Waals surface area contributed by atoms with Crippen molar-refractivity contribution in [1.82, 2.24) is 0 Å². The van der Waals surface area contributed by atoms with Gasteiger partial charge in [0.2, 0.25) is 0 Å². The molecule has 2 bridgehead atoms. The third-order valence-electron chi connectivity index (χ3n) is 7.05. The summed E-state index contributed by atoms with van der Waals surface area (Å²) >= 11 is 0. The van der Waals surface area contributed by atoms with E-state index in [-0.39, 0.29) is 5.97 Å². The number of likely N-dealkylation sites (N-methyl/N-ethyl adjacent to an activating group) is 1. The largest absolute Gasteiger partial charge is 0.462 e. The summed E-state index contributed by atoms with van der Waals surface area (Å²) in [5, 5.41) is 0. The van der Waals surface area contributed by atoms with Crippen molar-refractivity contribution < 1.29 is 18.8 Å². The maximum absolute atomic E-state index is 11.9. The molecular weight excluding hydrogens is 302 g/mol. The number of quaternary nitrogens is 1. The summed E-state index contributed by atoms with van der Waals surface area (Å²) in [5.74, 6) is 0.713. The van der Waals surface area contributed by atoms with Crippen LogP contribution in [0.3, 0.4) is 0 Å². The minimum absolute atomic E-state index is 0.0959. The quantitative estimate of drug-likeness (QED) is 0.365. The van der Waals surface area contributed by atoms with Crippen LogP contribution < -0.4 is 0 Å². The third kappa shape index (κ3) is 3.96. The van der Waals surface area contributed by atoms with Crippen LogP contribution in [0.15, 0.2) is 0 Å². The van der Waals surface area contributed by atoms with Crippen molar-refractivity contribution in [2.75, 3.05) is 40.4 Å². The lowest BCUT2D eigenvalue weighted by molar-refractivity contribution is -0.883. The summed E-state index contributed by atoms with van der Waals surface area (Å²) in [7, 11) is 4.16. The van der Waals surface area contributed by atoms with Gasteiger partial charge in [0, 0.05) is 0 Å². The van der Waals surface area contributed by atoms with Crippen LogP contribution >= 0.6 is 0 Å². The number of esters is 1. The van der Waals surface area contributed by atoms with E-state index in [2.05, 4.69) is 41.8 Å². The lowest BCUT2D eigenvalue weighted by atomic mass is 9.70. The first-order chi connectivity index (χ1) is 11.1. The number of unbranched alkanes of at least 4 members (excludes halogenated alkanes) is 1. The normalized spacial score (nSPS) is 31.4. The molecule has 0 radical (unpaired) electrons. The Morgan fingerprint density at radius 1 is 1.21 bits per heavy atom. The predicted molar refractivity (Wildman–Crippen MR) is 96.7 cm³/mol. The number of carbonyl (C=O) groups excluding carboxylic acids is 1. The van der Waals surface area contributed by atoms with E-state index in [0.717, 1.165) is 31.9 Å². The van der Waals surface area contributed by atoms with Gasteiger partial charge >= 0.3 is 5.97 Å². The van der Waals surface area contributed by atoms with Gasteiger partial charge in [0.15, 0.2) is 6.54 Å². The molecule has 2 saturated carbocycles. The monoisotopic (exact) mass is 340 g/mol. The van der Waals surface area contributed by atoms with E-state index in [0.29, 0.717) is 34.6 Å². The number of ether oxygens (including phenoxy) is 2. The lowest BCUT2D eigenvalue weighted by Crippen LogP contribution is -2.47. The summed E-state index contributed by atoms with van der Waals surface area (Å²) in [5.41, 5.74) is 0.707. The fourth-order valence-corrected chi connectivity index (χ4v) is 4.63. The molecule has 2 aliphatic carbocycles. The van der Waals surface area contributed by atoms with Gasteiger partial charge < -0.3 is 14.0 Å². The second kappa shape index (κ2) is 7.33. The fraction of sp³-hybridized carbons (Fsp3) is 0.950. The Kier molecular flexibility index (Phi) is 6.02. The summed E-state index contributed by atoms with van der Waals surface area (Å²) < 4.78 is 12.2. The standard InChI is InChI=1S/C20H38NO3/c1-7-8-12-24-18(22)15-21(5,6)11-13-23-17-14-16-9-10-20(17,4)19(16,2)3/h16-17H,7-15H2,1-6H3/q+1/t16-,17+,20+/m1/s1. The van der Waals surface area contributed by atoms with Crippen LogP contribution in [0.5, 0.6) is 0 Å². The Bertz CT molecular complexity index is 446. The Balaban J connectivity index is 1.74. The highest BCUT2D eigenvalue weighted by Crippen LogP contribution is 2.66. The van der Waals surface area contributed by atoms with E-state index >= 15 is 0 Å². The molecule has 2 aliphatic rings. The van der Waals surface area contributed by atoms with Crippen LogP contribution in [0.1, 0.15) is 59.8 Å². The molecule has 0 aromatic heterocycles.